The summed E-state index contributed by atoms with van der Waals surface area (Å²) in [5.41, 5.74) is 0.954. The van der Waals surface area contributed by atoms with Gasteiger partial charge in [0.2, 0.25) is 5.89 Å². The Bertz CT molecular complexity index is 510. The first-order valence-electron chi connectivity index (χ1n) is 5.69. The third-order valence-electron chi connectivity index (χ3n) is 2.23. The minimum Gasteiger partial charge on any atom is -0.376 e. The normalized spacial score (nSPS) is 10.1. The Balaban J connectivity index is 1.93. The smallest absolute Gasteiger partial charge is 0.292 e. The highest BCUT2D eigenvalue weighted by molar-refractivity contribution is 5.90. The summed E-state index contributed by atoms with van der Waals surface area (Å²) < 4.78 is 4.97. The number of aromatic nitrogens is 2. The number of anilines is 1. The summed E-state index contributed by atoms with van der Waals surface area (Å²) in [4.78, 5) is 15.4. The number of hydrogen-bond donors (Lipinski definition) is 2. The molecular weight excluding hydrogens is 232 g/mol. The third-order valence-corrected chi connectivity index (χ3v) is 2.23. The summed E-state index contributed by atoms with van der Waals surface area (Å²) in [6, 6.07) is 9.65. The van der Waals surface area contributed by atoms with Gasteiger partial charge in [-0.2, -0.15) is 4.98 Å². The standard InChI is InChI=1S/C12H14N4O2/c1-2-13-12(17)11-15-10(18-16-11)8-14-9-6-4-3-5-7-9/h3-7,14H,2,8H2,1H3,(H,13,17). The number of nitrogens with zero attached hydrogens (tertiary/aromatic N) is 2. The van der Waals surface area contributed by atoms with E-state index in [1.807, 2.05) is 37.3 Å². The van der Waals surface area contributed by atoms with E-state index in [9.17, 15) is 4.79 Å². The lowest BCUT2D eigenvalue weighted by atomic mass is 10.3. The van der Waals surface area contributed by atoms with E-state index < -0.39 is 0 Å². The molecule has 2 rings (SSSR count). The number of para-hydroxylation sites is 1. The lowest BCUT2D eigenvalue weighted by Gasteiger charge is -2.01. The van der Waals surface area contributed by atoms with Gasteiger partial charge in [0.1, 0.15) is 0 Å². The van der Waals surface area contributed by atoms with Gasteiger partial charge < -0.3 is 15.2 Å². The van der Waals surface area contributed by atoms with Crippen LogP contribution in [0.3, 0.4) is 0 Å². The molecule has 0 bridgehead atoms. The topological polar surface area (TPSA) is 80.0 Å². The molecule has 0 atom stereocenters. The zero-order chi connectivity index (χ0) is 12.8. The number of amides is 1. The van der Waals surface area contributed by atoms with Crippen molar-refractivity contribution >= 4 is 11.6 Å². The summed E-state index contributed by atoms with van der Waals surface area (Å²) in [7, 11) is 0. The molecule has 1 amide bonds. The Morgan fingerprint density at radius 3 is 2.83 bits per heavy atom. The van der Waals surface area contributed by atoms with Crippen LogP contribution in [0.25, 0.3) is 0 Å². The van der Waals surface area contributed by atoms with E-state index in [-0.39, 0.29) is 11.7 Å². The second kappa shape index (κ2) is 5.81. The van der Waals surface area contributed by atoms with Crippen molar-refractivity contribution < 1.29 is 9.32 Å². The van der Waals surface area contributed by atoms with E-state index in [0.717, 1.165) is 5.69 Å². The van der Waals surface area contributed by atoms with Crippen molar-refractivity contribution in [3.8, 4) is 0 Å². The molecule has 2 N–H and O–H groups in total. The van der Waals surface area contributed by atoms with Crippen LogP contribution in [0, 0.1) is 0 Å². The average molecular weight is 246 g/mol. The monoisotopic (exact) mass is 246 g/mol. The number of benzene rings is 1. The van der Waals surface area contributed by atoms with Gasteiger partial charge in [-0.05, 0) is 19.1 Å². The molecule has 1 aromatic heterocycles. The molecule has 0 radical (unpaired) electrons. The summed E-state index contributed by atoms with van der Waals surface area (Å²) >= 11 is 0. The van der Waals surface area contributed by atoms with Crippen LogP contribution in [0.15, 0.2) is 34.9 Å². The molecule has 94 valence electrons. The number of carbonyl (C=O) groups excluding carboxylic acids is 1. The number of rotatable bonds is 5. The summed E-state index contributed by atoms with van der Waals surface area (Å²) in [5.74, 6) is 0.106. The Hall–Kier alpha value is -2.37. The van der Waals surface area contributed by atoms with Crippen LogP contribution in [0.1, 0.15) is 23.4 Å². The van der Waals surface area contributed by atoms with Crippen molar-refractivity contribution in [2.75, 3.05) is 11.9 Å². The minimum absolute atomic E-state index is 0.0571. The second-order valence-corrected chi connectivity index (χ2v) is 3.59. The van der Waals surface area contributed by atoms with Crippen LogP contribution < -0.4 is 10.6 Å². The molecule has 6 heteroatoms. The Labute approximate surface area is 104 Å². The summed E-state index contributed by atoms with van der Waals surface area (Å²) in [6.07, 6.45) is 0. The van der Waals surface area contributed by atoms with E-state index >= 15 is 0 Å². The third kappa shape index (κ3) is 3.07. The first-order chi connectivity index (χ1) is 8.79. The highest BCUT2D eigenvalue weighted by Gasteiger charge is 2.12. The van der Waals surface area contributed by atoms with Crippen molar-refractivity contribution in [2.45, 2.75) is 13.5 Å². The predicted octanol–water partition coefficient (Wildman–Crippen LogP) is 1.43. The largest absolute Gasteiger partial charge is 0.376 e. The molecule has 2 aromatic rings. The van der Waals surface area contributed by atoms with Crippen LogP contribution in [0.2, 0.25) is 0 Å². The molecule has 0 unspecified atom stereocenters. The quantitative estimate of drug-likeness (QED) is 0.834. The van der Waals surface area contributed by atoms with Gasteiger partial charge in [-0.25, -0.2) is 0 Å². The van der Waals surface area contributed by atoms with Gasteiger partial charge in [-0.3, -0.25) is 4.79 Å². The maximum absolute atomic E-state index is 11.4. The molecule has 0 fully saturated rings. The van der Waals surface area contributed by atoms with Gasteiger partial charge in [0, 0.05) is 12.2 Å². The van der Waals surface area contributed by atoms with E-state index in [0.29, 0.717) is 19.0 Å². The van der Waals surface area contributed by atoms with Gasteiger partial charge in [-0.1, -0.05) is 23.4 Å². The average Bonchev–Trinajstić information content (AvgIpc) is 2.87. The molecule has 0 saturated carbocycles. The van der Waals surface area contributed by atoms with Gasteiger partial charge in [-0.15, -0.1) is 0 Å². The lowest BCUT2D eigenvalue weighted by molar-refractivity contribution is 0.0942. The summed E-state index contributed by atoms with van der Waals surface area (Å²) in [6.45, 7) is 2.75. The molecular formula is C12H14N4O2. The molecule has 0 aliphatic rings. The minimum atomic E-state index is -0.327. The number of carbonyl (C=O) groups is 1. The molecule has 0 saturated heterocycles. The van der Waals surface area contributed by atoms with Crippen molar-refractivity contribution in [3.05, 3.63) is 42.0 Å². The summed E-state index contributed by atoms with van der Waals surface area (Å²) in [5, 5.41) is 9.33. The Morgan fingerprint density at radius 2 is 2.11 bits per heavy atom. The van der Waals surface area contributed by atoms with E-state index in [1.165, 1.54) is 0 Å². The van der Waals surface area contributed by atoms with Crippen molar-refractivity contribution in [2.24, 2.45) is 0 Å². The molecule has 0 spiro atoms. The SMILES string of the molecule is CCNC(=O)c1noc(CNc2ccccc2)n1. The molecule has 18 heavy (non-hydrogen) atoms. The highest BCUT2D eigenvalue weighted by atomic mass is 16.5. The molecule has 1 heterocycles. The maximum atomic E-state index is 11.4. The first-order valence-corrected chi connectivity index (χ1v) is 5.69. The van der Waals surface area contributed by atoms with Crippen LogP contribution in [0.5, 0.6) is 0 Å². The predicted molar refractivity (Wildman–Crippen MR) is 66.1 cm³/mol. The van der Waals surface area contributed by atoms with E-state index in [2.05, 4.69) is 20.8 Å². The van der Waals surface area contributed by atoms with Crippen molar-refractivity contribution in [1.29, 1.82) is 0 Å². The fourth-order valence-electron chi connectivity index (χ4n) is 1.39. The Kier molecular flexibility index (Phi) is 3.90. The molecule has 0 aliphatic heterocycles. The van der Waals surface area contributed by atoms with Gasteiger partial charge >= 0.3 is 0 Å². The van der Waals surface area contributed by atoms with E-state index in [4.69, 9.17) is 4.52 Å². The first kappa shape index (κ1) is 12.1. The second-order valence-electron chi connectivity index (χ2n) is 3.59. The molecule has 6 nitrogen and oxygen atoms in total. The molecule has 1 aromatic carbocycles. The van der Waals surface area contributed by atoms with Crippen molar-refractivity contribution in [3.63, 3.8) is 0 Å². The zero-order valence-electron chi connectivity index (χ0n) is 10.0. The van der Waals surface area contributed by atoms with Crippen LogP contribution in [-0.4, -0.2) is 22.6 Å². The van der Waals surface area contributed by atoms with Crippen molar-refractivity contribution in [1.82, 2.24) is 15.5 Å². The lowest BCUT2D eigenvalue weighted by Crippen LogP contribution is -2.23. The number of nitrogens with one attached hydrogen (secondary N) is 2. The van der Waals surface area contributed by atoms with E-state index in [1.54, 1.807) is 0 Å². The number of hydrogen-bond acceptors (Lipinski definition) is 5. The fourth-order valence-corrected chi connectivity index (χ4v) is 1.39. The van der Waals surface area contributed by atoms with Gasteiger partial charge in [0.25, 0.3) is 11.7 Å². The fraction of sp³-hybridized carbons (Fsp3) is 0.250. The molecule has 0 aliphatic carbocycles. The van der Waals surface area contributed by atoms with Gasteiger partial charge in [0.15, 0.2) is 0 Å². The maximum Gasteiger partial charge on any atom is 0.292 e. The van der Waals surface area contributed by atoms with Gasteiger partial charge in [0.05, 0.1) is 6.54 Å². The zero-order valence-corrected chi connectivity index (χ0v) is 10.0. The van der Waals surface area contributed by atoms with Crippen LogP contribution in [-0.2, 0) is 6.54 Å². The highest BCUT2D eigenvalue weighted by Crippen LogP contribution is 2.07. The van der Waals surface area contributed by atoms with Crippen LogP contribution in [0.4, 0.5) is 5.69 Å². The van der Waals surface area contributed by atoms with Crippen LogP contribution >= 0.6 is 0 Å². The Morgan fingerprint density at radius 1 is 1.33 bits per heavy atom.